The molecule has 10 heteroatoms. The van der Waals surface area contributed by atoms with Crippen molar-refractivity contribution in [3.8, 4) is 11.4 Å². The highest BCUT2D eigenvalue weighted by molar-refractivity contribution is 7.99. The summed E-state index contributed by atoms with van der Waals surface area (Å²) in [5.74, 6) is -1.44. The molecule has 3 fully saturated rings. The molecule has 0 amide bonds. The molecule has 0 aromatic carbocycles. The third kappa shape index (κ3) is 3.60. The van der Waals surface area contributed by atoms with Crippen molar-refractivity contribution in [2.75, 3.05) is 11.1 Å². The number of carboxylic acids is 1. The predicted octanol–water partition coefficient (Wildman–Crippen LogP) is 4.71. The summed E-state index contributed by atoms with van der Waals surface area (Å²) in [6.07, 6.45) is 6.37. The number of H-pyrrole nitrogens is 1. The van der Waals surface area contributed by atoms with Crippen LogP contribution in [-0.4, -0.2) is 42.8 Å². The van der Waals surface area contributed by atoms with E-state index in [9.17, 15) is 14.3 Å². The zero-order valence-electron chi connectivity index (χ0n) is 17.4. The number of fused-ring (bicyclic) bond motifs is 4. The van der Waals surface area contributed by atoms with Crippen molar-refractivity contribution in [1.82, 2.24) is 19.9 Å². The molecule has 32 heavy (non-hydrogen) atoms. The third-order valence-electron chi connectivity index (χ3n) is 6.65. The Morgan fingerprint density at radius 1 is 1.25 bits per heavy atom. The van der Waals surface area contributed by atoms with Crippen molar-refractivity contribution in [2.45, 2.75) is 43.7 Å². The Morgan fingerprint density at radius 2 is 2.00 bits per heavy atom. The number of aromatic amines is 1. The van der Waals surface area contributed by atoms with E-state index in [1.807, 2.05) is 6.92 Å². The first-order valence-corrected chi connectivity index (χ1v) is 11.8. The minimum Gasteiger partial charge on any atom is -0.481 e. The van der Waals surface area contributed by atoms with Crippen LogP contribution in [0.2, 0.25) is 0 Å². The van der Waals surface area contributed by atoms with E-state index >= 15 is 4.39 Å². The third-order valence-corrected chi connectivity index (χ3v) is 7.48. The van der Waals surface area contributed by atoms with Crippen LogP contribution in [0.4, 0.5) is 14.6 Å². The number of aromatic nitrogens is 4. The van der Waals surface area contributed by atoms with Gasteiger partial charge in [0.1, 0.15) is 16.5 Å². The molecule has 7 nitrogen and oxygen atoms in total. The van der Waals surface area contributed by atoms with E-state index in [0.29, 0.717) is 22.3 Å². The molecular formula is C22H23F2N5O2S. The van der Waals surface area contributed by atoms with Gasteiger partial charge in [0.2, 0.25) is 0 Å². The first-order chi connectivity index (χ1) is 15.5. The molecule has 2 unspecified atom stereocenters. The average Bonchev–Trinajstić information content (AvgIpc) is 3.20. The molecule has 168 valence electrons. The largest absolute Gasteiger partial charge is 0.481 e. The number of hydrogen-bond donors (Lipinski definition) is 3. The summed E-state index contributed by atoms with van der Waals surface area (Å²) in [7, 11) is 0. The van der Waals surface area contributed by atoms with E-state index in [4.69, 9.17) is 0 Å². The maximum atomic E-state index is 15.3. The lowest BCUT2D eigenvalue weighted by molar-refractivity contribution is -0.148. The smallest absolute Gasteiger partial charge is 0.308 e. The molecule has 0 saturated heterocycles. The summed E-state index contributed by atoms with van der Waals surface area (Å²) in [4.78, 5) is 27.8. The van der Waals surface area contributed by atoms with Crippen molar-refractivity contribution in [1.29, 1.82) is 0 Å². The van der Waals surface area contributed by atoms with Crippen molar-refractivity contribution in [2.24, 2.45) is 17.8 Å². The Kier molecular flexibility index (Phi) is 5.48. The number of aliphatic carboxylic acids is 1. The van der Waals surface area contributed by atoms with Crippen molar-refractivity contribution in [3.05, 3.63) is 30.1 Å². The lowest BCUT2D eigenvalue weighted by Crippen LogP contribution is -2.51. The number of carbonyl (C=O) groups is 1. The van der Waals surface area contributed by atoms with Gasteiger partial charge in [0.15, 0.2) is 17.5 Å². The van der Waals surface area contributed by atoms with E-state index in [1.165, 1.54) is 17.8 Å². The van der Waals surface area contributed by atoms with Crippen LogP contribution in [0.5, 0.6) is 0 Å². The summed E-state index contributed by atoms with van der Waals surface area (Å²) in [6.45, 7) is 1.89. The molecule has 2 bridgehead atoms. The molecule has 3 aromatic rings. The topological polar surface area (TPSA) is 104 Å². The minimum absolute atomic E-state index is 0.00605. The van der Waals surface area contributed by atoms with Crippen LogP contribution in [0.15, 0.2) is 23.5 Å². The summed E-state index contributed by atoms with van der Waals surface area (Å²) < 4.78 is 29.2. The van der Waals surface area contributed by atoms with Gasteiger partial charge in [-0.15, -0.1) is 11.8 Å². The van der Waals surface area contributed by atoms with Gasteiger partial charge in [0.25, 0.3) is 0 Å². The van der Waals surface area contributed by atoms with E-state index in [-0.39, 0.29) is 34.5 Å². The monoisotopic (exact) mass is 459 g/mol. The number of rotatable bonds is 6. The second-order valence-electron chi connectivity index (χ2n) is 8.41. The maximum Gasteiger partial charge on any atom is 0.308 e. The van der Waals surface area contributed by atoms with E-state index < -0.39 is 23.5 Å². The van der Waals surface area contributed by atoms with Crippen LogP contribution in [0.25, 0.3) is 22.4 Å². The highest BCUT2D eigenvalue weighted by Gasteiger charge is 2.47. The first-order valence-electron chi connectivity index (χ1n) is 10.8. The second kappa shape index (κ2) is 8.31. The van der Waals surface area contributed by atoms with Crippen molar-refractivity contribution < 1.29 is 18.7 Å². The Bertz CT molecular complexity index is 1180. The number of carboxylic acid groups (broad SMARTS) is 1. The quantitative estimate of drug-likeness (QED) is 0.362. The first kappa shape index (κ1) is 21.1. The summed E-state index contributed by atoms with van der Waals surface area (Å²) in [5, 5.41) is 13.7. The van der Waals surface area contributed by atoms with E-state index in [2.05, 4.69) is 25.3 Å². The van der Waals surface area contributed by atoms with E-state index in [1.54, 1.807) is 6.20 Å². The Labute approximate surface area is 187 Å². The SMILES string of the molecule is CCSc1nc(-c2c[nH]c3ncc(F)cc23)nc(NC2C3CCC(CC3)C2C(=O)O)c1F. The van der Waals surface area contributed by atoms with Crippen LogP contribution in [-0.2, 0) is 4.79 Å². The molecule has 3 saturated carbocycles. The van der Waals surface area contributed by atoms with Gasteiger partial charge in [0.05, 0.1) is 12.1 Å². The van der Waals surface area contributed by atoms with Crippen LogP contribution in [0, 0.1) is 29.4 Å². The number of nitrogens with one attached hydrogen (secondary N) is 2. The zero-order valence-corrected chi connectivity index (χ0v) is 18.3. The summed E-state index contributed by atoms with van der Waals surface area (Å²) >= 11 is 1.24. The number of nitrogens with zero attached hydrogens (tertiary/aromatic N) is 3. The molecule has 3 aliphatic carbocycles. The number of hydrogen-bond acceptors (Lipinski definition) is 6. The van der Waals surface area contributed by atoms with Gasteiger partial charge in [-0.05, 0) is 49.3 Å². The Balaban J connectivity index is 1.58. The molecule has 3 heterocycles. The maximum absolute atomic E-state index is 15.3. The Hall–Kier alpha value is -2.75. The number of thioether (sulfide) groups is 1. The zero-order chi connectivity index (χ0) is 22.4. The summed E-state index contributed by atoms with van der Waals surface area (Å²) in [6, 6.07) is 0.945. The molecule has 6 rings (SSSR count). The predicted molar refractivity (Wildman–Crippen MR) is 117 cm³/mol. The van der Waals surface area contributed by atoms with Gasteiger partial charge in [0, 0.05) is 23.2 Å². The van der Waals surface area contributed by atoms with Crippen LogP contribution >= 0.6 is 11.8 Å². The van der Waals surface area contributed by atoms with E-state index in [0.717, 1.165) is 31.9 Å². The molecule has 0 radical (unpaired) electrons. The lowest BCUT2D eigenvalue weighted by Gasteiger charge is -2.47. The minimum atomic E-state index is -0.854. The fraction of sp³-hybridized carbons (Fsp3) is 0.455. The standard InChI is InChI=1S/C22H23F2N5O2S/c1-2-32-21-16(24)20(27-17-11-5-3-10(4-6-11)15(17)22(30)31)28-19(29-21)14-9-26-18-13(14)7-12(23)8-25-18/h7-11,15,17H,2-6H2,1H3,(H,25,26)(H,30,31)(H,27,28,29). The summed E-state index contributed by atoms with van der Waals surface area (Å²) in [5.41, 5.74) is 0.983. The van der Waals surface area contributed by atoms with Gasteiger partial charge in [-0.25, -0.2) is 19.3 Å². The van der Waals surface area contributed by atoms with Gasteiger partial charge in [-0.3, -0.25) is 4.79 Å². The highest BCUT2D eigenvalue weighted by atomic mass is 32.2. The van der Waals surface area contributed by atoms with Gasteiger partial charge in [-0.1, -0.05) is 6.92 Å². The fourth-order valence-electron chi connectivity index (χ4n) is 5.21. The van der Waals surface area contributed by atoms with Crippen LogP contribution < -0.4 is 5.32 Å². The molecule has 2 atom stereocenters. The highest BCUT2D eigenvalue weighted by Crippen LogP contribution is 2.46. The van der Waals surface area contributed by atoms with Crippen LogP contribution in [0.1, 0.15) is 32.6 Å². The number of pyridine rings is 1. The Morgan fingerprint density at radius 3 is 2.72 bits per heavy atom. The number of anilines is 1. The lowest BCUT2D eigenvalue weighted by atomic mass is 9.61. The molecule has 3 aliphatic rings. The van der Waals surface area contributed by atoms with Crippen molar-refractivity contribution in [3.63, 3.8) is 0 Å². The normalized spacial score (nSPS) is 24.7. The number of halogens is 2. The molecule has 0 spiro atoms. The molecular weight excluding hydrogens is 436 g/mol. The fourth-order valence-corrected chi connectivity index (χ4v) is 5.86. The average molecular weight is 460 g/mol. The molecule has 3 aromatic heterocycles. The van der Waals surface area contributed by atoms with Gasteiger partial charge >= 0.3 is 5.97 Å². The molecule has 3 N–H and O–H groups in total. The van der Waals surface area contributed by atoms with Gasteiger partial charge in [-0.2, -0.15) is 4.39 Å². The van der Waals surface area contributed by atoms with Gasteiger partial charge < -0.3 is 15.4 Å². The molecule has 0 aliphatic heterocycles. The van der Waals surface area contributed by atoms with Crippen molar-refractivity contribution >= 4 is 34.6 Å². The van der Waals surface area contributed by atoms with Crippen LogP contribution in [0.3, 0.4) is 0 Å². The second-order valence-corrected chi connectivity index (χ2v) is 9.66.